The molecule has 0 atom stereocenters. The smallest absolute Gasteiger partial charge is 0.240 e. The number of fused-ring (bicyclic) bond motifs is 1. The van der Waals surface area contributed by atoms with Crippen LogP contribution in [0.3, 0.4) is 0 Å². The van der Waals surface area contributed by atoms with Gasteiger partial charge in [-0.15, -0.1) is 10.2 Å². The maximum Gasteiger partial charge on any atom is 0.240 e. The lowest BCUT2D eigenvalue weighted by molar-refractivity contribution is 0.414. The fourth-order valence-corrected chi connectivity index (χ4v) is 1.86. The molecule has 3 rings (SSSR count). The first-order valence-electron chi connectivity index (χ1n) is 5.89. The van der Waals surface area contributed by atoms with Crippen molar-refractivity contribution < 1.29 is 9.53 Å². The second-order valence-electron chi connectivity index (χ2n) is 4.06. The molecule has 0 N–H and O–H groups in total. The Morgan fingerprint density at radius 2 is 1.85 bits per heavy atom. The summed E-state index contributed by atoms with van der Waals surface area (Å²) in [5.41, 5.74) is 2.72. The van der Waals surface area contributed by atoms with Gasteiger partial charge in [0.1, 0.15) is 16.8 Å². The molecule has 1 aromatic heterocycles. The van der Waals surface area contributed by atoms with Crippen molar-refractivity contribution in [3.8, 4) is 11.4 Å². The first-order valence-corrected chi connectivity index (χ1v) is 5.89. The molecular formula is C14H10N4O2. The van der Waals surface area contributed by atoms with E-state index in [0.717, 1.165) is 17.0 Å². The Kier molecular flexibility index (Phi) is 2.99. The second kappa shape index (κ2) is 4.95. The highest BCUT2D eigenvalue weighted by Crippen LogP contribution is 2.20. The van der Waals surface area contributed by atoms with E-state index >= 15 is 0 Å². The summed E-state index contributed by atoms with van der Waals surface area (Å²) in [6, 6.07) is 12.5. The Labute approximate surface area is 114 Å². The highest BCUT2D eigenvalue weighted by molar-refractivity contribution is 5.78. The second-order valence-corrected chi connectivity index (χ2v) is 4.06. The van der Waals surface area contributed by atoms with E-state index in [1.165, 1.54) is 10.9 Å². The zero-order chi connectivity index (χ0) is 13.9. The van der Waals surface area contributed by atoms with Crippen molar-refractivity contribution in [3.05, 3.63) is 42.5 Å². The molecule has 6 nitrogen and oxygen atoms in total. The lowest BCUT2D eigenvalue weighted by atomic mass is 10.3. The minimum absolute atomic E-state index is 0.509. The van der Waals surface area contributed by atoms with Crippen molar-refractivity contribution in [2.75, 3.05) is 7.11 Å². The molecule has 2 aromatic carbocycles. The van der Waals surface area contributed by atoms with Crippen LogP contribution in [0.5, 0.6) is 5.75 Å². The number of methoxy groups -OCH3 is 1. The number of ether oxygens (including phenoxy) is 1. The van der Waals surface area contributed by atoms with Crippen molar-refractivity contribution in [2.24, 2.45) is 4.99 Å². The van der Waals surface area contributed by atoms with Crippen molar-refractivity contribution in [1.82, 2.24) is 15.0 Å². The fourth-order valence-electron chi connectivity index (χ4n) is 1.86. The Balaban J connectivity index is 2.05. The van der Waals surface area contributed by atoms with Crippen LogP contribution in [0, 0.1) is 0 Å². The minimum atomic E-state index is 0.509. The Hall–Kier alpha value is -2.98. The maximum atomic E-state index is 10.3. The topological polar surface area (TPSA) is 69.4 Å². The number of rotatable bonds is 3. The molecule has 0 amide bonds. The number of nitrogens with zero attached hydrogens (tertiary/aromatic N) is 4. The van der Waals surface area contributed by atoms with Crippen molar-refractivity contribution in [3.63, 3.8) is 0 Å². The monoisotopic (exact) mass is 266 g/mol. The molecule has 0 saturated heterocycles. The van der Waals surface area contributed by atoms with Gasteiger partial charge in [-0.1, -0.05) is 0 Å². The minimum Gasteiger partial charge on any atom is -0.497 e. The van der Waals surface area contributed by atoms with Crippen LogP contribution in [0.15, 0.2) is 47.5 Å². The molecule has 1 heterocycles. The molecule has 3 aromatic rings. The lowest BCUT2D eigenvalue weighted by Gasteiger charge is -2.01. The Morgan fingerprint density at radius 3 is 2.55 bits per heavy atom. The molecule has 0 aliphatic rings. The van der Waals surface area contributed by atoms with Crippen LogP contribution in [0.1, 0.15) is 0 Å². The summed E-state index contributed by atoms with van der Waals surface area (Å²) in [7, 11) is 1.62. The average molecular weight is 266 g/mol. The van der Waals surface area contributed by atoms with Gasteiger partial charge in [-0.3, -0.25) is 0 Å². The van der Waals surface area contributed by atoms with Crippen LogP contribution in [-0.4, -0.2) is 28.2 Å². The first-order chi connectivity index (χ1) is 9.80. The largest absolute Gasteiger partial charge is 0.497 e. The molecule has 0 spiro atoms. The number of aliphatic imine (C=N–C) groups is 1. The van der Waals surface area contributed by atoms with E-state index in [0.29, 0.717) is 11.2 Å². The molecule has 0 radical (unpaired) electrons. The van der Waals surface area contributed by atoms with Gasteiger partial charge in [-0.2, -0.15) is 9.79 Å². The van der Waals surface area contributed by atoms with Crippen LogP contribution in [-0.2, 0) is 4.79 Å². The highest BCUT2D eigenvalue weighted by Gasteiger charge is 2.05. The van der Waals surface area contributed by atoms with Crippen molar-refractivity contribution in [2.45, 2.75) is 0 Å². The van der Waals surface area contributed by atoms with Crippen LogP contribution >= 0.6 is 0 Å². The van der Waals surface area contributed by atoms with Crippen molar-refractivity contribution in [1.29, 1.82) is 0 Å². The zero-order valence-corrected chi connectivity index (χ0v) is 10.6. The van der Waals surface area contributed by atoms with Crippen LogP contribution in [0.25, 0.3) is 16.7 Å². The summed E-state index contributed by atoms with van der Waals surface area (Å²) in [6.07, 6.45) is 1.51. The molecule has 0 bridgehead atoms. The third-order valence-electron chi connectivity index (χ3n) is 2.84. The summed E-state index contributed by atoms with van der Waals surface area (Å²) >= 11 is 0. The average Bonchev–Trinajstić information content (AvgIpc) is 2.91. The number of hydrogen-bond acceptors (Lipinski definition) is 5. The van der Waals surface area contributed by atoms with Gasteiger partial charge in [0, 0.05) is 0 Å². The van der Waals surface area contributed by atoms with Gasteiger partial charge >= 0.3 is 0 Å². The predicted molar refractivity (Wildman–Crippen MR) is 73.2 cm³/mol. The van der Waals surface area contributed by atoms with Gasteiger partial charge in [-0.05, 0) is 42.5 Å². The number of benzene rings is 2. The van der Waals surface area contributed by atoms with E-state index in [4.69, 9.17) is 4.74 Å². The van der Waals surface area contributed by atoms with Gasteiger partial charge < -0.3 is 4.74 Å². The SMILES string of the molecule is COc1ccc(-n2nc3ccc(N=C=O)cc3n2)cc1. The van der Waals surface area contributed by atoms with Gasteiger partial charge in [0.2, 0.25) is 6.08 Å². The van der Waals surface area contributed by atoms with E-state index in [2.05, 4.69) is 15.2 Å². The van der Waals surface area contributed by atoms with E-state index in [1.54, 1.807) is 25.3 Å². The molecule has 6 heteroatoms. The van der Waals surface area contributed by atoms with Crippen molar-refractivity contribution >= 4 is 22.8 Å². The van der Waals surface area contributed by atoms with Crippen LogP contribution in [0.4, 0.5) is 5.69 Å². The molecule has 20 heavy (non-hydrogen) atoms. The van der Waals surface area contributed by atoms with E-state index in [9.17, 15) is 4.79 Å². The normalized spacial score (nSPS) is 10.2. The van der Waals surface area contributed by atoms with Gasteiger partial charge in [0.05, 0.1) is 18.5 Å². The standard InChI is InChI=1S/C14H10N4O2/c1-20-12-5-3-11(4-6-12)18-16-13-7-2-10(15-9-19)8-14(13)17-18/h2-8H,1H3. The molecule has 0 saturated carbocycles. The zero-order valence-electron chi connectivity index (χ0n) is 10.6. The molecule has 98 valence electrons. The summed E-state index contributed by atoms with van der Waals surface area (Å²) in [5.74, 6) is 0.771. The quantitative estimate of drug-likeness (QED) is 0.539. The van der Waals surface area contributed by atoms with E-state index in [-0.39, 0.29) is 0 Å². The molecular weight excluding hydrogens is 256 g/mol. The van der Waals surface area contributed by atoms with Gasteiger partial charge in [-0.25, -0.2) is 4.79 Å². The van der Waals surface area contributed by atoms with Gasteiger partial charge in [0.15, 0.2) is 0 Å². The third-order valence-corrected chi connectivity index (χ3v) is 2.84. The van der Waals surface area contributed by atoms with E-state index < -0.39 is 0 Å². The third kappa shape index (κ3) is 2.15. The summed E-state index contributed by atoms with van der Waals surface area (Å²) in [6.45, 7) is 0. The Bertz CT molecular complexity index is 802. The summed E-state index contributed by atoms with van der Waals surface area (Å²) < 4.78 is 5.11. The molecule has 0 aliphatic carbocycles. The summed E-state index contributed by atoms with van der Waals surface area (Å²) in [4.78, 5) is 15.3. The molecule has 0 aliphatic heterocycles. The van der Waals surface area contributed by atoms with Crippen LogP contribution < -0.4 is 4.74 Å². The van der Waals surface area contributed by atoms with Gasteiger partial charge in [0.25, 0.3) is 0 Å². The van der Waals surface area contributed by atoms with Crippen LogP contribution in [0.2, 0.25) is 0 Å². The Morgan fingerprint density at radius 1 is 1.10 bits per heavy atom. The van der Waals surface area contributed by atoms with E-state index in [1.807, 2.05) is 24.3 Å². The number of carbonyl (C=O) groups excluding carboxylic acids is 1. The lowest BCUT2D eigenvalue weighted by Crippen LogP contribution is -1.98. The first kappa shape index (κ1) is 12.1. The fraction of sp³-hybridized carbons (Fsp3) is 0.0714. The predicted octanol–water partition coefficient (Wildman–Crippen LogP) is 2.40. The number of isocyanates is 1. The number of aromatic nitrogens is 3. The number of hydrogen-bond donors (Lipinski definition) is 0. The molecule has 0 fully saturated rings. The highest BCUT2D eigenvalue weighted by atomic mass is 16.5. The maximum absolute atomic E-state index is 10.3. The summed E-state index contributed by atoms with van der Waals surface area (Å²) in [5, 5.41) is 8.72. The molecule has 0 unspecified atom stereocenters.